The van der Waals surface area contributed by atoms with E-state index in [4.69, 9.17) is 0 Å². The van der Waals surface area contributed by atoms with Crippen molar-refractivity contribution in [1.29, 1.82) is 0 Å². The van der Waals surface area contributed by atoms with E-state index in [1.165, 1.54) is 32.1 Å². The van der Waals surface area contributed by atoms with E-state index in [0.29, 0.717) is 6.04 Å². The van der Waals surface area contributed by atoms with Crippen LogP contribution in [0.5, 0.6) is 0 Å². The van der Waals surface area contributed by atoms with Gasteiger partial charge in [-0.2, -0.15) is 0 Å². The fourth-order valence-corrected chi connectivity index (χ4v) is 3.78. The van der Waals surface area contributed by atoms with Crippen LogP contribution in [0.25, 0.3) is 0 Å². The van der Waals surface area contributed by atoms with E-state index in [9.17, 15) is 0 Å². The predicted molar refractivity (Wildman–Crippen MR) is 83.5 cm³/mol. The number of nitrogens with one attached hydrogen (secondary N) is 1. The number of hydrogen-bond donors (Lipinski definition) is 1. The Morgan fingerprint density at radius 3 is 2.42 bits per heavy atom. The zero-order valence-electron chi connectivity index (χ0n) is 12.8. The molecule has 0 amide bonds. The van der Waals surface area contributed by atoms with Gasteiger partial charge in [-0.1, -0.05) is 57.9 Å². The van der Waals surface area contributed by atoms with Gasteiger partial charge in [-0.3, -0.25) is 0 Å². The summed E-state index contributed by atoms with van der Waals surface area (Å²) in [5.74, 6) is 1.65. The fraction of sp³-hybridized carbons (Fsp3) is 0.667. The first-order chi connectivity index (χ1) is 9.30. The molecule has 2 atom stereocenters. The molecule has 1 nitrogen and oxygen atoms in total. The lowest BCUT2D eigenvalue weighted by Crippen LogP contribution is -2.44. The second-order valence-electron chi connectivity index (χ2n) is 5.93. The SMILES string of the molecule is CCNC(C(CC)CC)C1CCc2ccccc2C1. The number of hydrogen-bond acceptors (Lipinski definition) is 1. The van der Waals surface area contributed by atoms with Crippen LogP contribution in [-0.4, -0.2) is 12.6 Å². The molecule has 1 aromatic rings. The molecular formula is C18H29N. The Hall–Kier alpha value is -0.820. The first-order valence-corrected chi connectivity index (χ1v) is 8.10. The van der Waals surface area contributed by atoms with Crippen molar-refractivity contribution in [1.82, 2.24) is 5.32 Å². The van der Waals surface area contributed by atoms with Gasteiger partial charge in [0.1, 0.15) is 0 Å². The summed E-state index contributed by atoms with van der Waals surface area (Å²) in [6.07, 6.45) is 6.48. The van der Waals surface area contributed by atoms with Crippen LogP contribution in [0.2, 0.25) is 0 Å². The third-order valence-corrected chi connectivity index (χ3v) is 4.89. The van der Waals surface area contributed by atoms with Crippen molar-refractivity contribution < 1.29 is 0 Å². The van der Waals surface area contributed by atoms with Gasteiger partial charge in [-0.25, -0.2) is 0 Å². The second-order valence-corrected chi connectivity index (χ2v) is 5.93. The standard InChI is InChI=1S/C18H29N/c1-4-14(5-2)18(19-6-3)17-12-11-15-9-7-8-10-16(15)13-17/h7-10,14,17-19H,4-6,11-13H2,1-3H3. The molecule has 0 radical (unpaired) electrons. The highest BCUT2D eigenvalue weighted by Gasteiger charge is 2.29. The molecule has 2 unspecified atom stereocenters. The van der Waals surface area contributed by atoms with E-state index < -0.39 is 0 Å². The number of rotatable bonds is 6. The maximum atomic E-state index is 3.79. The van der Waals surface area contributed by atoms with E-state index in [2.05, 4.69) is 50.4 Å². The maximum Gasteiger partial charge on any atom is 0.0126 e. The first kappa shape index (κ1) is 14.6. The molecule has 1 heteroatoms. The molecule has 0 aliphatic heterocycles. The lowest BCUT2D eigenvalue weighted by molar-refractivity contribution is 0.228. The highest BCUT2D eigenvalue weighted by atomic mass is 14.9. The van der Waals surface area contributed by atoms with Crippen molar-refractivity contribution in [2.45, 2.75) is 58.9 Å². The Labute approximate surface area is 118 Å². The molecule has 0 spiro atoms. The summed E-state index contributed by atoms with van der Waals surface area (Å²) in [7, 11) is 0. The van der Waals surface area contributed by atoms with Crippen LogP contribution in [-0.2, 0) is 12.8 Å². The van der Waals surface area contributed by atoms with Gasteiger partial charge in [0, 0.05) is 6.04 Å². The lowest BCUT2D eigenvalue weighted by atomic mass is 9.75. The van der Waals surface area contributed by atoms with E-state index in [1.54, 1.807) is 11.1 Å². The topological polar surface area (TPSA) is 12.0 Å². The van der Waals surface area contributed by atoms with E-state index in [0.717, 1.165) is 18.4 Å². The predicted octanol–water partition coefficient (Wildman–Crippen LogP) is 4.21. The van der Waals surface area contributed by atoms with Crippen LogP contribution in [0, 0.1) is 11.8 Å². The van der Waals surface area contributed by atoms with Crippen LogP contribution >= 0.6 is 0 Å². The van der Waals surface area contributed by atoms with Crippen molar-refractivity contribution in [3.63, 3.8) is 0 Å². The van der Waals surface area contributed by atoms with Gasteiger partial charge in [0.05, 0.1) is 0 Å². The number of benzene rings is 1. The summed E-state index contributed by atoms with van der Waals surface area (Å²) < 4.78 is 0. The fourth-order valence-electron chi connectivity index (χ4n) is 3.78. The molecule has 1 aliphatic carbocycles. The summed E-state index contributed by atoms with van der Waals surface area (Å²) in [4.78, 5) is 0. The van der Waals surface area contributed by atoms with Crippen molar-refractivity contribution in [2.24, 2.45) is 11.8 Å². The zero-order valence-corrected chi connectivity index (χ0v) is 12.8. The molecule has 1 N–H and O–H groups in total. The third kappa shape index (κ3) is 3.39. The minimum Gasteiger partial charge on any atom is -0.314 e. The van der Waals surface area contributed by atoms with E-state index >= 15 is 0 Å². The highest BCUT2D eigenvalue weighted by molar-refractivity contribution is 5.30. The normalized spacial score (nSPS) is 20.3. The molecule has 19 heavy (non-hydrogen) atoms. The van der Waals surface area contributed by atoms with Crippen LogP contribution in [0.4, 0.5) is 0 Å². The maximum absolute atomic E-state index is 3.79. The molecule has 0 fully saturated rings. The lowest BCUT2D eigenvalue weighted by Gasteiger charge is -2.36. The van der Waals surface area contributed by atoms with Crippen LogP contribution in [0.1, 0.15) is 51.2 Å². The summed E-state index contributed by atoms with van der Waals surface area (Å²) in [5.41, 5.74) is 3.17. The van der Waals surface area contributed by atoms with Gasteiger partial charge >= 0.3 is 0 Å². The molecule has 2 rings (SSSR count). The Kier molecular flexibility index (Phi) is 5.45. The second kappa shape index (κ2) is 7.09. The Morgan fingerprint density at radius 2 is 1.79 bits per heavy atom. The van der Waals surface area contributed by atoms with Gasteiger partial charge in [0.25, 0.3) is 0 Å². The summed E-state index contributed by atoms with van der Waals surface area (Å²) in [5, 5.41) is 3.79. The minimum atomic E-state index is 0.702. The molecule has 0 saturated carbocycles. The summed E-state index contributed by atoms with van der Waals surface area (Å²) in [6.45, 7) is 8.02. The van der Waals surface area contributed by atoms with Crippen molar-refractivity contribution in [3.8, 4) is 0 Å². The average Bonchev–Trinajstić information content (AvgIpc) is 2.47. The van der Waals surface area contributed by atoms with Crippen LogP contribution in [0.15, 0.2) is 24.3 Å². The van der Waals surface area contributed by atoms with Gasteiger partial charge < -0.3 is 5.32 Å². The van der Waals surface area contributed by atoms with Crippen molar-refractivity contribution >= 4 is 0 Å². The Bertz CT molecular complexity index is 381. The highest BCUT2D eigenvalue weighted by Crippen LogP contribution is 2.31. The molecule has 0 heterocycles. The van der Waals surface area contributed by atoms with Gasteiger partial charge in [0.2, 0.25) is 0 Å². The number of aryl methyl sites for hydroxylation is 1. The van der Waals surface area contributed by atoms with Gasteiger partial charge in [-0.05, 0) is 48.8 Å². The number of fused-ring (bicyclic) bond motifs is 1. The van der Waals surface area contributed by atoms with Gasteiger partial charge in [0.15, 0.2) is 0 Å². The quantitative estimate of drug-likeness (QED) is 0.807. The van der Waals surface area contributed by atoms with Crippen molar-refractivity contribution in [2.75, 3.05) is 6.54 Å². The minimum absolute atomic E-state index is 0.702. The molecular weight excluding hydrogens is 230 g/mol. The molecule has 0 saturated heterocycles. The molecule has 0 aromatic heterocycles. The van der Waals surface area contributed by atoms with Crippen molar-refractivity contribution in [3.05, 3.63) is 35.4 Å². The third-order valence-electron chi connectivity index (χ3n) is 4.89. The summed E-state index contributed by atoms with van der Waals surface area (Å²) in [6, 6.07) is 9.72. The van der Waals surface area contributed by atoms with E-state index in [1.807, 2.05) is 0 Å². The average molecular weight is 259 g/mol. The smallest absolute Gasteiger partial charge is 0.0126 e. The van der Waals surface area contributed by atoms with E-state index in [-0.39, 0.29) is 0 Å². The monoisotopic (exact) mass is 259 g/mol. The largest absolute Gasteiger partial charge is 0.314 e. The summed E-state index contributed by atoms with van der Waals surface area (Å²) >= 11 is 0. The van der Waals surface area contributed by atoms with Crippen LogP contribution in [0.3, 0.4) is 0 Å². The molecule has 1 aromatic carbocycles. The molecule has 1 aliphatic rings. The Balaban J connectivity index is 2.11. The first-order valence-electron chi connectivity index (χ1n) is 8.10. The van der Waals surface area contributed by atoms with Gasteiger partial charge in [-0.15, -0.1) is 0 Å². The zero-order chi connectivity index (χ0) is 13.7. The van der Waals surface area contributed by atoms with Crippen LogP contribution < -0.4 is 5.32 Å². The Morgan fingerprint density at radius 1 is 1.11 bits per heavy atom. The molecule has 106 valence electrons. The molecule has 0 bridgehead atoms.